The fourth-order valence-corrected chi connectivity index (χ4v) is 4.07. The lowest BCUT2D eigenvalue weighted by molar-refractivity contribution is -0.112. The second-order valence-corrected chi connectivity index (χ2v) is 10.6. The molecule has 0 saturated heterocycles. The fraction of sp³-hybridized carbons (Fsp3) is 0.552. The van der Waals surface area contributed by atoms with E-state index in [9.17, 15) is 4.79 Å². The van der Waals surface area contributed by atoms with Gasteiger partial charge in [-0.2, -0.15) is 0 Å². The maximum Gasteiger partial charge on any atom is 0.126 e. The van der Waals surface area contributed by atoms with E-state index in [1.54, 1.807) is 0 Å². The summed E-state index contributed by atoms with van der Waals surface area (Å²) in [5, 5.41) is 3.53. The number of benzene rings is 2. The van der Waals surface area contributed by atoms with Crippen molar-refractivity contribution in [2.75, 3.05) is 19.8 Å². The average Bonchev–Trinajstić information content (AvgIpc) is 3.69. The molecule has 0 amide bonds. The summed E-state index contributed by atoms with van der Waals surface area (Å²) >= 11 is 0. The average molecular weight is 452 g/mol. The Bertz CT molecular complexity index is 840. The second kappa shape index (κ2) is 11.9. The number of carbonyl (C=O) groups excluding carboxylic acids is 1. The van der Waals surface area contributed by atoms with E-state index >= 15 is 0 Å². The number of hydrogen-bond donors (Lipinski definition) is 1. The molecular formula is C29H41NO3. The SMILES string of the molecule is CC(C)NC[C@]1(C)C[C@@H]1COCc1ccccc1.C[C@@]1(C=O)C[C@@H]1COCc1ccccc1. The Morgan fingerprint density at radius 2 is 1.39 bits per heavy atom. The van der Waals surface area contributed by atoms with Gasteiger partial charge in [-0.3, -0.25) is 0 Å². The van der Waals surface area contributed by atoms with Gasteiger partial charge in [0.1, 0.15) is 6.29 Å². The zero-order valence-corrected chi connectivity index (χ0v) is 20.8. The predicted molar refractivity (Wildman–Crippen MR) is 134 cm³/mol. The summed E-state index contributed by atoms with van der Waals surface area (Å²) in [6.45, 7) is 12.9. The molecule has 2 saturated carbocycles. The molecule has 4 rings (SSSR count). The zero-order valence-electron chi connectivity index (χ0n) is 20.8. The Kier molecular flexibility index (Phi) is 9.25. The van der Waals surface area contributed by atoms with Gasteiger partial charge in [-0.1, -0.05) is 88.4 Å². The van der Waals surface area contributed by atoms with E-state index in [-0.39, 0.29) is 5.41 Å². The number of aldehydes is 1. The number of ether oxygens (including phenoxy) is 2. The molecule has 0 heterocycles. The third-order valence-corrected chi connectivity index (χ3v) is 7.04. The summed E-state index contributed by atoms with van der Waals surface area (Å²) in [4.78, 5) is 10.7. The third-order valence-electron chi connectivity index (χ3n) is 7.04. The highest BCUT2D eigenvalue weighted by molar-refractivity contribution is 5.63. The van der Waals surface area contributed by atoms with Crippen LogP contribution < -0.4 is 5.32 Å². The highest BCUT2D eigenvalue weighted by Crippen LogP contribution is 2.52. The van der Waals surface area contributed by atoms with Crippen LogP contribution in [-0.2, 0) is 27.5 Å². The minimum Gasteiger partial charge on any atom is -0.376 e. The molecule has 2 aromatic carbocycles. The van der Waals surface area contributed by atoms with Crippen molar-refractivity contribution in [1.29, 1.82) is 0 Å². The molecule has 2 aliphatic carbocycles. The predicted octanol–water partition coefficient (Wildman–Crippen LogP) is 5.66. The second-order valence-electron chi connectivity index (χ2n) is 10.6. The van der Waals surface area contributed by atoms with Crippen molar-refractivity contribution < 1.29 is 14.3 Å². The van der Waals surface area contributed by atoms with E-state index in [1.807, 2.05) is 43.3 Å². The summed E-state index contributed by atoms with van der Waals surface area (Å²) in [6, 6.07) is 21.1. The molecule has 2 fully saturated rings. The summed E-state index contributed by atoms with van der Waals surface area (Å²) in [6.07, 6.45) is 3.33. The topological polar surface area (TPSA) is 47.6 Å². The monoisotopic (exact) mass is 451 g/mol. The van der Waals surface area contributed by atoms with E-state index < -0.39 is 0 Å². The van der Waals surface area contributed by atoms with Gasteiger partial charge in [0.25, 0.3) is 0 Å². The maximum atomic E-state index is 10.7. The molecule has 4 atom stereocenters. The van der Waals surface area contributed by atoms with E-state index in [2.05, 4.69) is 50.4 Å². The van der Waals surface area contributed by atoms with Gasteiger partial charge in [0.05, 0.1) is 26.4 Å². The quantitative estimate of drug-likeness (QED) is 0.423. The van der Waals surface area contributed by atoms with Crippen LogP contribution in [0.5, 0.6) is 0 Å². The summed E-state index contributed by atoms with van der Waals surface area (Å²) in [5.74, 6) is 1.16. The van der Waals surface area contributed by atoms with Crippen LogP contribution in [0, 0.1) is 22.7 Å². The van der Waals surface area contributed by atoms with E-state index in [0.29, 0.717) is 30.6 Å². The maximum absolute atomic E-state index is 10.7. The fourth-order valence-electron chi connectivity index (χ4n) is 4.07. The zero-order chi connectivity index (χ0) is 23.7. The van der Waals surface area contributed by atoms with Crippen molar-refractivity contribution in [1.82, 2.24) is 5.32 Å². The van der Waals surface area contributed by atoms with E-state index in [4.69, 9.17) is 9.47 Å². The summed E-state index contributed by atoms with van der Waals surface area (Å²) in [5.41, 5.74) is 2.81. The molecule has 33 heavy (non-hydrogen) atoms. The molecule has 0 aliphatic heterocycles. The van der Waals surface area contributed by atoms with E-state index in [1.165, 1.54) is 17.5 Å². The Morgan fingerprint density at radius 3 is 1.85 bits per heavy atom. The summed E-state index contributed by atoms with van der Waals surface area (Å²) in [7, 11) is 0. The van der Waals surface area contributed by atoms with Gasteiger partial charge in [-0.15, -0.1) is 0 Å². The van der Waals surface area contributed by atoms with Crippen LogP contribution in [0.15, 0.2) is 60.7 Å². The molecule has 0 radical (unpaired) electrons. The first-order chi connectivity index (χ1) is 15.8. The Morgan fingerprint density at radius 1 is 0.879 bits per heavy atom. The molecule has 0 aromatic heterocycles. The van der Waals surface area contributed by atoms with Gasteiger partial charge in [0.15, 0.2) is 0 Å². The highest BCUT2D eigenvalue weighted by atomic mass is 16.5. The van der Waals surface area contributed by atoms with Crippen molar-refractivity contribution in [3.8, 4) is 0 Å². The largest absolute Gasteiger partial charge is 0.376 e. The van der Waals surface area contributed by atoms with Crippen molar-refractivity contribution in [3.05, 3.63) is 71.8 Å². The van der Waals surface area contributed by atoms with Gasteiger partial charge < -0.3 is 19.6 Å². The Labute approximate surface area is 200 Å². The van der Waals surface area contributed by atoms with Crippen LogP contribution in [0.4, 0.5) is 0 Å². The molecule has 2 aromatic rings. The first kappa shape index (κ1) is 25.6. The highest BCUT2D eigenvalue weighted by Gasteiger charge is 2.50. The number of carbonyl (C=O) groups is 1. The van der Waals surface area contributed by atoms with Crippen LogP contribution >= 0.6 is 0 Å². The minimum absolute atomic E-state index is 0.101. The van der Waals surface area contributed by atoms with Crippen LogP contribution in [0.3, 0.4) is 0 Å². The Hall–Kier alpha value is -2.01. The van der Waals surface area contributed by atoms with Gasteiger partial charge in [-0.25, -0.2) is 0 Å². The van der Waals surface area contributed by atoms with Crippen LogP contribution in [0.25, 0.3) is 0 Å². The first-order valence-electron chi connectivity index (χ1n) is 12.3. The van der Waals surface area contributed by atoms with Crippen molar-refractivity contribution in [3.63, 3.8) is 0 Å². The molecule has 0 bridgehead atoms. The van der Waals surface area contributed by atoms with Gasteiger partial charge in [0.2, 0.25) is 0 Å². The lowest BCUT2D eigenvalue weighted by Gasteiger charge is -2.15. The minimum atomic E-state index is -0.101. The number of nitrogens with one attached hydrogen (secondary N) is 1. The molecule has 1 N–H and O–H groups in total. The van der Waals surface area contributed by atoms with Gasteiger partial charge in [-0.05, 0) is 41.2 Å². The lowest BCUT2D eigenvalue weighted by atomic mass is 10.1. The molecule has 0 spiro atoms. The van der Waals surface area contributed by atoms with Crippen LogP contribution in [-0.4, -0.2) is 32.1 Å². The van der Waals surface area contributed by atoms with Crippen LogP contribution in [0.1, 0.15) is 51.7 Å². The third kappa shape index (κ3) is 8.37. The van der Waals surface area contributed by atoms with E-state index in [0.717, 1.165) is 38.4 Å². The number of rotatable bonds is 12. The van der Waals surface area contributed by atoms with Crippen molar-refractivity contribution in [2.24, 2.45) is 22.7 Å². The van der Waals surface area contributed by atoms with Crippen molar-refractivity contribution in [2.45, 2.75) is 59.8 Å². The standard InChI is InChI=1S/C16H25NO.C13H16O2/c1-13(2)17-12-16(3)9-15(16)11-18-10-14-7-5-4-6-8-14;1-13(10-14)7-12(13)9-15-8-11-5-3-2-4-6-11/h4-8,13,15,17H,9-12H2,1-3H3;2-6,10,12H,7-9H2,1H3/t15-,16+;12-,13+/m11/s1. The Balaban J connectivity index is 0.000000189. The first-order valence-corrected chi connectivity index (χ1v) is 12.3. The molecule has 180 valence electrons. The molecule has 4 nitrogen and oxygen atoms in total. The smallest absolute Gasteiger partial charge is 0.126 e. The van der Waals surface area contributed by atoms with Gasteiger partial charge >= 0.3 is 0 Å². The molecule has 0 unspecified atom stereocenters. The van der Waals surface area contributed by atoms with Crippen LogP contribution in [0.2, 0.25) is 0 Å². The van der Waals surface area contributed by atoms with Crippen molar-refractivity contribution >= 4 is 6.29 Å². The van der Waals surface area contributed by atoms with Gasteiger partial charge in [0, 0.05) is 18.0 Å². The molecular weight excluding hydrogens is 410 g/mol. The lowest BCUT2D eigenvalue weighted by Crippen LogP contribution is -2.29. The number of hydrogen-bond acceptors (Lipinski definition) is 4. The molecule has 4 heteroatoms. The summed E-state index contributed by atoms with van der Waals surface area (Å²) < 4.78 is 11.4. The molecule has 2 aliphatic rings. The normalized spacial score (nSPS) is 27.5.